The van der Waals surface area contributed by atoms with E-state index in [0.29, 0.717) is 43.2 Å². The maximum Gasteiger partial charge on any atom is 0.255 e. The molecule has 182 valence electrons. The van der Waals surface area contributed by atoms with Gasteiger partial charge in [-0.2, -0.15) is 4.31 Å². The van der Waals surface area contributed by atoms with Crippen LogP contribution in [-0.2, 0) is 10.0 Å². The largest absolute Gasteiger partial charge is 0.495 e. The topological polar surface area (TPSA) is 79.0 Å². The van der Waals surface area contributed by atoms with Gasteiger partial charge in [-0.15, -0.1) is 0 Å². The Kier molecular flexibility index (Phi) is 7.97. The summed E-state index contributed by atoms with van der Waals surface area (Å²) in [5, 5.41) is 2.77. The molecular formula is C27H29N3O4S. The fraction of sp³-hybridized carbons (Fsp3) is 0.222. The third-order valence-electron chi connectivity index (χ3n) is 5.90. The van der Waals surface area contributed by atoms with Gasteiger partial charge in [0.15, 0.2) is 0 Å². The molecule has 0 radical (unpaired) electrons. The summed E-state index contributed by atoms with van der Waals surface area (Å²) in [6.07, 6.45) is 4.18. The minimum Gasteiger partial charge on any atom is -0.495 e. The Morgan fingerprint density at radius 3 is 2.26 bits per heavy atom. The smallest absolute Gasteiger partial charge is 0.255 e. The van der Waals surface area contributed by atoms with Crippen molar-refractivity contribution in [3.05, 3.63) is 96.1 Å². The third kappa shape index (κ3) is 6.16. The molecule has 3 aromatic rings. The number of methoxy groups -OCH3 is 1. The van der Waals surface area contributed by atoms with E-state index in [-0.39, 0.29) is 10.8 Å². The molecule has 8 heteroatoms. The molecule has 1 N–H and O–H groups in total. The predicted octanol–water partition coefficient (Wildman–Crippen LogP) is 3.97. The van der Waals surface area contributed by atoms with Gasteiger partial charge in [-0.3, -0.25) is 9.69 Å². The van der Waals surface area contributed by atoms with Crippen LogP contribution in [-0.4, -0.2) is 63.4 Å². The molecule has 4 rings (SSSR count). The molecule has 0 spiro atoms. The minimum absolute atomic E-state index is 0.124. The predicted molar refractivity (Wildman–Crippen MR) is 138 cm³/mol. The van der Waals surface area contributed by atoms with Gasteiger partial charge >= 0.3 is 0 Å². The molecule has 0 aromatic heterocycles. The first kappa shape index (κ1) is 24.7. The Labute approximate surface area is 206 Å². The van der Waals surface area contributed by atoms with Crippen LogP contribution in [0.4, 0.5) is 5.69 Å². The Morgan fingerprint density at radius 1 is 0.943 bits per heavy atom. The molecule has 1 saturated heterocycles. The fourth-order valence-electron chi connectivity index (χ4n) is 3.93. The van der Waals surface area contributed by atoms with E-state index in [9.17, 15) is 13.2 Å². The van der Waals surface area contributed by atoms with Crippen molar-refractivity contribution in [2.24, 2.45) is 0 Å². The number of nitrogens with one attached hydrogen (secondary N) is 1. The van der Waals surface area contributed by atoms with Crippen molar-refractivity contribution in [1.82, 2.24) is 9.21 Å². The van der Waals surface area contributed by atoms with E-state index >= 15 is 0 Å². The standard InChI is InChI=1S/C27H29N3O4S/c1-34-26-15-14-24(21-25(26)28-27(31)23-12-6-3-7-13-23)35(32,33)30-19-17-29(18-20-30)16-8-11-22-9-4-2-5-10-22/h2-15,21H,16-20H2,1H3,(H,28,31)/b11-8+. The maximum atomic E-state index is 13.3. The molecule has 0 bridgehead atoms. The average molecular weight is 492 g/mol. The first-order chi connectivity index (χ1) is 17.0. The summed E-state index contributed by atoms with van der Waals surface area (Å²) >= 11 is 0. The molecule has 1 fully saturated rings. The Hall–Kier alpha value is -3.46. The number of piperazine rings is 1. The van der Waals surface area contributed by atoms with E-state index < -0.39 is 10.0 Å². The lowest BCUT2D eigenvalue weighted by Crippen LogP contribution is -2.48. The van der Waals surface area contributed by atoms with E-state index in [1.807, 2.05) is 36.4 Å². The number of rotatable bonds is 8. The molecule has 1 aliphatic rings. The highest BCUT2D eigenvalue weighted by Crippen LogP contribution is 2.29. The molecule has 7 nitrogen and oxygen atoms in total. The van der Waals surface area contributed by atoms with Crippen molar-refractivity contribution in [1.29, 1.82) is 0 Å². The minimum atomic E-state index is -3.72. The van der Waals surface area contributed by atoms with Crippen LogP contribution in [0.25, 0.3) is 6.08 Å². The molecule has 35 heavy (non-hydrogen) atoms. The normalized spacial score (nSPS) is 15.2. The summed E-state index contributed by atoms with van der Waals surface area (Å²) in [6, 6.07) is 23.4. The summed E-state index contributed by atoms with van der Waals surface area (Å²) in [7, 11) is -2.24. The van der Waals surface area contributed by atoms with Gasteiger partial charge in [0.25, 0.3) is 5.91 Å². The lowest BCUT2D eigenvalue weighted by atomic mass is 10.2. The lowest BCUT2D eigenvalue weighted by molar-refractivity contribution is 0.102. The number of hydrogen-bond donors (Lipinski definition) is 1. The molecule has 3 aromatic carbocycles. The maximum absolute atomic E-state index is 13.3. The van der Waals surface area contributed by atoms with Crippen molar-refractivity contribution in [3.8, 4) is 5.75 Å². The van der Waals surface area contributed by atoms with Gasteiger partial charge in [0.2, 0.25) is 10.0 Å². The summed E-state index contributed by atoms with van der Waals surface area (Å²) in [4.78, 5) is 15.0. The summed E-state index contributed by atoms with van der Waals surface area (Å²) in [6.45, 7) is 2.86. The van der Waals surface area contributed by atoms with Crippen LogP contribution in [0.15, 0.2) is 89.8 Å². The molecule has 1 amide bonds. The van der Waals surface area contributed by atoms with Crippen molar-refractivity contribution < 1.29 is 17.9 Å². The number of hydrogen-bond acceptors (Lipinski definition) is 5. The number of anilines is 1. The van der Waals surface area contributed by atoms with Crippen LogP contribution >= 0.6 is 0 Å². The highest BCUT2D eigenvalue weighted by molar-refractivity contribution is 7.89. The molecule has 0 saturated carbocycles. The molecule has 0 unspecified atom stereocenters. The van der Waals surface area contributed by atoms with Crippen LogP contribution in [0.2, 0.25) is 0 Å². The van der Waals surface area contributed by atoms with Gasteiger partial charge in [0.05, 0.1) is 17.7 Å². The van der Waals surface area contributed by atoms with E-state index in [0.717, 1.165) is 12.1 Å². The molecule has 0 aliphatic carbocycles. The van der Waals surface area contributed by atoms with Crippen LogP contribution in [0.5, 0.6) is 5.75 Å². The number of carbonyl (C=O) groups is 1. The van der Waals surface area contributed by atoms with Gasteiger partial charge in [-0.25, -0.2) is 8.42 Å². The highest BCUT2D eigenvalue weighted by Gasteiger charge is 2.29. The number of sulfonamides is 1. The molecule has 0 atom stereocenters. The first-order valence-electron chi connectivity index (χ1n) is 11.5. The monoisotopic (exact) mass is 491 g/mol. The zero-order valence-electron chi connectivity index (χ0n) is 19.6. The van der Waals surface area contributed by atoms with Crippen LogP contribution in [0, 0.1) is 0 Å². The van der Waals surface area contributed by atoms with Crippen LogP contribution < -0.4 is 10.1 Å². The number of carbonyl (C=O) groups excluding carboxylic acids is 1. The van der Waals surface area contributed by atoms with E-state index in [1.165, 1.54) is 23.5 Å². The second-order valence-corrected chi connectivity index (χ2v) is 10.1. The SMILES string of the molecule is COc1ccc(S(=O)(=O)N2CCN(C/C=C/c3ccccc3)CC2)cc1NC(=O)c1ccccc1. The van der Waals surface area contributed by atoms with E-state index in [1.54, 1.807) is 30.3 Å². The number of ether oxygens (including phenoxy) is 1. The Bertz CT molecular complexity index is 1270. The van der Waals surface area contributed by atoms with Crippen LogP contribution in [0.1, 0.15) is 15.9 Å². The number of benzene rings is 3. The number of amides is 1. The molecule has 1 heterocycles. The number of nitrogens with zero attached hydrogens (tertiary/aromatic N) is 2. The van der Waals surface area contributed by atoms with Crippen molar-refractivity contribution in [2.75, 3.05) is 45.2 Å². The zero-order chi connectivity index (χ0) is 24.7. The fourth-order valence-corrected chi connectivity index (χ4v) is 5.38. The summed E-state index contributed by atoms with van der Waals surface area (Å²) in [5.74, 6) is 0.0545. The second kappa shape index (κ2) is 11.3. The van der Waals surface area contributed by atoms with Gasteiger partial charge in [-0.05, 0) is 35.9 Å². The summed E-state index contributed by atoms with van der Waals surface area (Å²) < 4.78 is 33.5. The molecule has 1 aliphatic heterocycles. The third-order valence-corrected chi connectivity index (χ3v) is 7.79. The second-order valence-electron chi connectivity index (χ2n) is 8.20. The average Bonchev–Trinajstić information content (AvgIpc) is 2.90. The summed E-state index contributed by atoms with van der Waals surface area (Å²) in [5.41, 5.74) is 1.93. The van der Waals surface area contributed by atoms with Gasteiger partial charge in [0.1, 0.15) is 5.75 Å². The van der Waals surface area contributed by atoms with Gasteiger partial charge < -0.3 is 10.1 Å². The Balaban J connectivity index is 1.41. The van der Waals surface area contributed by atoms with Crippen molar-refractivity contribution >= 4 is 27.7 Å². The lowest BCUT2D eigenvalue weighted by Gasteiger charge is -2.33. The van der Waals surface area contributed by atoms with Gasteiger partial charge in [-0.1, -0.05) is 60.7 Å². The molecular weight excluding hydrogens is 462 g/mol. The zero-order valence-corrected chi connectivity index (χ0v) is 20.4. The van der Waals surface area contributed by atoms with Crippen molar-refractivity contribution in [2.45, 2.75) is 4.90 Å². The van der Waals surface area contributed by atoms with E-state index in [4.69, 9.17) is 4.74 Å². The van der Waals surface area contributed by atoms with Gasteiger partial charge in [0, 0.05) is 38.3 Å². The highest BCUT2D eigenvalue weighted by atomic mass is 32.2. The Morgan fingerprint density at radius 2 is 1.60 bits per heavy atom. The van der Waals surface area contributed by atoms with Crippen molar-refractivity contribution in [3.63, 3.8) is 0 Å². The first-order valence-corrected chi connectivity index (χ1v) is 12.9. The van der Waals surface area contributed by atoms with E-state index in [2.05, 4.69) is 22.4 Å². The quantitative estimate of drug-likeness (QED) is 0.516. The van der Waals surface area contributed by atoms with Crippen LogP contribution in [0.3, 0.4) is 0 Å².